The van der Waals surface area contributed by atoms with Gasteiger partial charge in [0, 0.05) is 31.4 Å². The monoisotopic (exact) mass is 334 g/mol. The first-order valence-electron chi connectivity index (χ1n) is 5.74. The van der Waals surface area contributed by atoms with Crippen molar-refractivity contribution in [2.75, 3.05) is 19.0 Å². The van der Waals surface area contributed by atoms with Gasteiger partial charge in [-0.3, -0.25) is 14.3 Å². The number of nitrogens with zero attached hydrogens (tertiary/aromatic N) is 1. The molecule has 1 aliphatic rings. The largest absolute Gasteiger partial charge is 0.381 e. The summed E-state index contributed by atoms with van der Waals surface area (Å²) in [5.41, 5.74) is -0.818. The Kier molecular flexibility index (Phi) is 4.34. The maximum Gasteiger partial charge on any atom is 0.328 e. The van der Waals surface area contributed by atoms with Gasteiger partial charge in [-0.15, -0.1) is 0 Å². The average Bonchev–Trinajstić information content (AvgIpc) is 2.37. The van der Waals surface area contributed by atoms with Gasteiger partial charge in [0.15, 0.2) is 0 Å². The summed E-state index contributed by atoms with van der Waals surface area (Å²) >= 11 is 7.54. The van der Waals surface area contributed by atoms with Crippen molar-refractivity contribution in [2.45, 2.75) is 19.4 Å². The predicted molar refractivity (Wildman–Crippen MR) is 75.4 cm³/mol. The summed E-state index contributed by atoms with van der Waals surface area (Å²) < 4.78 is 7.25. The molecule has 0 amide bonds. The van der Waals surface area contributed by atoms with Crippen molar-refractivity contribution in [3.8, 4) is 0 Å². The van der Waals surface area contributed by atoms with Crippen molar-refractivity contribution in [1.82, 2.24) is 9.55 Å². The topological polar surface area (TPSA) is 64.1 Å². The van der Waals surface area contributed by atoms with Gasteiger partial charge in [-0.05, 0) is 34.5 Å². The number of thiol groups is 1. The second-order valence-corrected chi connectivity index (χ2v) is 5.81. The lowest BCUT2D eigenvalue weighted by Gasteiger charge is -2.36. The van der Waals surface area contributed by atoms with E-state index in [1.807, 2.05) is 0 Å². The molecule has 2 heterocycles. The van der Waals surface area contributed by atoms with Gasteiger partial charge in [-0.1, -0.05) is 0 Å². The van der Waals surface area contributed by atoms with Crippen LogP contribution in [0, 0.1) is 5.41 Å². The molecule has 0 saturated carbocycles. The molecule has 0 bridgehead atoms. The first-order valence-corrected chi connectivity index (χ1v) is 7.17. The lowest BCUT2D eigenvalue weighted by Crippen LogP contribution is -2.40. The lowest BCUT2D eigenvalue weighted by atomic mass is 9.82. The Morgan fingerprint density at radius 1 is 1.44 bits per heavy atom. The molecule has 1 aromatic rings. The second-order valence-electron chi connectivity index (χ2n) is 4.63. The van der Waals surface area contributed by atoms with Crippen LogP contribution in [-0.2, 0) is 11.3 Å². The number of nitrogens with one attached hydrogen (secondary N) is 1. The fraction of sp³-hybridized carbons (Fsp3) is 0.636. The van der Waals surface area contributed by atoms with Gasteiger partial charge >= 0.3 is 5.69 Å². The van der Waals surface area contributed by atoms with Crippen molar-refractivity contribution < 1.29 is 4.74 Å². The summed E-state index contributed by atoms with van der Waals surface area (Å²) in [6.07, 6.45) is 3.29. The van der Waals surface area contributed by atoms with E-state index in [0.29, 0.717) is 30.0 Å². The van der Waals surface area contributed by atoms with Crippen LogP contribution in [0.25, 0.3) is 0 Å². The second kappa shape index (κ2) is 5.63. The van der Waals surface area contributed by atoms with E-state index < -0.39 is 5.56 Å². The third-order valence-electron chi connectivity index (χ3n) is 3.36. The number of halogens is 1. The Morgan fingerprint density at radius 3 is 2.72 bits per heavy atom. The molecule has 5 nitrogen and oxygen atoms in total. The molecule has 0 unspecified atom stereocenters. The molecule has 0 aromatic carbocycles. The molecule has 0 radical (unpaired) electrons. The van der Waals surface area contributed by atoms with Crippen LogP contribution in [0.1, 0.15) is 12.8 Å². The van der Waals surface area contributed by atoms with E-state index >= 15 is 0 Å². The van der Waals surface area contributed by atoms with Gasteiger partial charge < -0.3 is 4.74 Å². The molecular formula is C11H15BrN2O3S. The van der Waals surface area contributed by atoms with Gasteiger partial charge in [0.2, 0.25) is 0 Å². The summed E-state index contributed by atoms with van der Waals surface area (Å²) in [7, 11) is 0. The number of ether oxygens (including phenoxy) is 1. The number of aromatic amines is 1. The van der Waals surface area contributed by atoms with E-state index in [4.69, 9.17) is 4.74 Å². The Hall–Kier alpha value is -0.530. The quantitative estimate of drug-likeness (QED) is 0.811. The van der Waals surface area contributed by atoms with Gasteiger partial charge in [-0.2, -0.15) is 12.6 Å². The zero-order chi connectivity index (χ0) is 13.2. The van der Waals surface area contributed by atoms with Crippen LogP contribution in [0.15, 0.2) is 20.3 Å². The first-order chi connectivity index (χ1) is 8.56. The molecule has 1 fully saturated rings. The molecule has 18 heavy (non-hydrogen) atoms. The Morgan fingerprint density at radius 2 is 2.11 bits per heavy atom. The molecule has 2 rings (SSSR count). The Bertz CT molecular complexity index is 534. The Labute approximate surface area is 118 Å². The predicted octanol–water partition coefficient (Wildman–Crippen LogP) is 1.03. The zero-order valence-electron chi connectivity index (χ0n) is 9.82. The molecule has 1 aliphatic heterocycles. The molecule has 0 aliphatic carbocycles. The van der Waals surface area contributed by atoms with E-state index in [9.17, 15) is 9.59 Å². The molecule has 1 aromatic heterocycles. The van der Waals surface area contributed by atoms with E-state index in [1.165, 1.54) is 4.57 Å². The van der Waals surface area contributed by atoms with Crippen molar-refractivity contribution in [2.24, 2.45) is 5.41 Å². The minimum absolute atomic E-state index is 0.0388. The zero-order valence-corrected chi connectivity index (χ0v) is 12.3. The number of rotatable bonds is 3. The van der Waals surface area contributed by atoms with Crippen molar-refractivity contribution in [3.63, 3.8) is 0 Å². The number of hydrogen-bond acceptors (Lipinski definition) is 4. The lowest BCUT2D eigenvalue weighted by molar-refractivity contribution is 0.0175. The van der Waals surface area contributed by atoms with Crippen LogP contribution in [0.4, 0.5) is 0 Å². The first kappa shape index (κ1) is 13.9. The summed E-state index contributed by atoms with van der Waals surface area (Å²) in [4.78, 5) is 25.3. The van der Waals surface area contributed by atoms with Crippen LogP contribution in [0.2, 0.25) is 0 Å². The highest BCUT2D eigenvalue weighted by Crippen LogP contribution is 2.33. The molecule has 100 valence electrons. The van der Waals surface area contributed by atoms with E-state index in [2.05, 4.69) is 33.5 Å². The van der Waals surface area contributed by atoms with Gasteiger partial charge in [0.05, 0.1) is 4.47 Å². The van der Waals surface area contributed by atoms with Crippen LogP contribution in [0.3, 0.4) is 0 Å². The van der Waals surface area contributed by atoms with Crippen LogP contribution < -0.4 is 11.2 Å². The molecule has 1 N–H and O–H groups in total. The minimum atomic E-state index is -0.400. The van der Waals surface area contributed by atoms with Crippen LogP contribution in [-0.4, -0.2) is 28.5 Å². The maximum absolute atomic E-state index is 11.8. The summed E-state index contributed by atoms with van der Waals surface area (Å²) in [5.74, 6) is 0.694. The van der Waals surface area contributed by atoms with Gasteiger partial charge in [-0.25, -0.2) is 4.79 Å². The van der Waals surface area contributed by atoms with Crippen molar-refractivity contribution >= 4 is 28.6 Å². The van der Waals surface area contributed by atoms with Crippen molar-refractivity contribution in [1.29, 1.82) is 0 Å². The SMILES string of the molecule is O=c1[nH]c(=O)n(CC2(CS)CCOCC2)cc1Br. The van der Waals surface area contributed by atoms with E-state index in [-0.39, 0.29) is 11.1 Å². The third-order valence-corrected chi connectivity index (χ3v) is 4.60. The number of H-pyrrole nitrogens is 1. The smallest absolute Gasteiger partial charge is 0.328 e. The highest BCUT2D eigenvalue weighted by Gasteiger charge is 2.32. The molecule has 0 atom stereocenters. The van der Waals surface area contributed by atoms with E-state index in [0.717, 1.165) is 12.8 Å². The normalized spacial score (nSPS) is 18.8. The fourth-order valence-corrected chi connectivity index (χ4v) is 2.89. The van der Waals surface area contributed by atoms with Gasteiger partial charge in [0.25, 0.3) is 5.56 Å². The van der Waals surface area contributed by atoms with Crippen molar-refractivity contribution in [3.05, 3.63) is 31.5 Å². The molecular weight excluding hydrogens is 320 g/mol. The maximum atomic E-state index is 11.8. The molecule has 0 spiro atoms. The number of hydrogen-bond donors (Lipinski definition) is 2. The van der Waals surface area contributed by atoms with Crippen LogP contribution in [0.5, 0.6) is 0 Å². The van der Waals surface area contributed by atoms with Gasteiger partial charge in [0.1, 0.15) is 0 Å². The summed E-state index contributed by atoms with van der Waals surface area (Å²) in [5, 5.41) is 0. The minimum Gasteiger partial charge on any atom is -0.381 e. The standard InChI is InChI=1S/C11H15BrN2O3S/c12-8-5-14(10(16)13-9(8)15)6-11(7-18)1-3-17-4-2-11/h5,18H,1-4,6-7H2,(H,13,15,16). The average molecular weight is 335 g/mol. The molecule has 7 heteroatoms. The summed E-state index contributed by atoms with van der Waals surface area (Å²) in [6, 6.07) is 0. The van der Waals surface area contributed by atoms with Crippen LogP contribution >= 0.6 is 28.6 Å². The third kappa shape index (κ3) is 2.89. The Balaban J connectivity index is 2.29. The fourth-order valence-electron chi connectivity index (χ4n) is 2.13. The summed E-state index contributed by atoms with van der Waals surface area (Å²) in [6.45, 7) is 1.94. The van der Waals surface area contributed by atoms with E-state index in [1.54, 1.807) is 6.20 Å². The highest BCUT2D eigenvalue weighted by molar-refractivity contribution is 9.10. The number of aromatic nitrogens is 2. The molecule has 1 saturated heterocycles. The highest BCUT2D eigenvalue weighted by atomic mass is 79.9.